The number of urea groups is 1. The number of carbonyl (C=O) groups is 1. The molecule has 0 rings (SSSR count). The van der Waals surface area contributed by atoms with E-state index in [9.17, 15) is 25.9 Å². The molecule has 0 aliphatic heterocycles. The second-order valence-corrected chi connectivity index (χ2v) is 3.26. The Morgan fingerprint density at radius 2 is 1.00 bits per heavy atom. The average Bonchev–Trinajstić information content (AvgIpc) is 1.79. The fraction of sp³-hybridized carbons (Fsp3) is 0. The van der Waals surface area contributed by atoms with E-state index in [0.29, 0.717) is 0 Å². The zero-order chi connectivity index (χ0) is 12.0. The maximum atomic E-state index is 9.37. The molecule has 86 valence electrons. The van der Waals surface area contributed by atoms with Crippen LogP contribution in [0, 0.1) is 0 Å². The second-order valence-electron chi connectivity index (χ2n) is 1.35. The molecule has 0 aromatic rings. The molecule has 15 heteroatoms. The predicted octanol–water partition coefficient (Wildman–Crippen LogP) is -9.11. The van der Waals surface area contributed by atoms with Crippen molar-refractivity contribution in [3.8, 4) is 0 Å². The molecule has 0 aromatic carbocycles. The first-order valence-electron chi connectivity index (χ1n) is 2.28. The third-order valence-electron chi connectivity index (χ3n) is 0.194. The number of nitrogens with two attached hydrogens (primary N) is 2. The Labute approximate surface area is 135 Å². The van der Waals surface area contributed by atoms with Gasteiger partial charge in [-0.3, -0.25) is 0 Å². The summed E-state index contributed by atoms with van der Waals surface area (Å²) in [7, 11) is -10.6. The smallest absolute Gasteiger partial charge is 0.724 e. The molecule has 0 aromatic heterocycles. The average molecular weight is 298 g/mol. The van der Waals surface area contributed by atoms with Crippen molar-refractivity contribution in [3.63, 3.8) is 0 Å². The first kappa shape index (κ1) is 25.8. The summed E-state index contributed by atoms with van der Waals surface area (Å²) in [4.78, 5) is 9.00. The van der Waals surface area contributed by atoms with Crippen LogP contribution < -0.4 is 70.6 Å². The van der Waals surface area contributed by atoms with Crippen LogP contribution in [0.15, 0.2) is 0 Å². The van der Waals surface area contributed by atoms with Crippen LogP contribution in [0.2, 0.25) is 0 Å². The zero-order valence-corrected chi connectivity index (χ0v) is 13.8. The molecule has 0 fully saturated rings. The number of hydrogen-bond donors (Lipinski definition) is 2. The molecule has 0 spiro atoms. The Morgan fingerprint density at radius 1 is 0.875 bits per heavy atom. The van der Waals surface area contributed by atoms with Crippen LogP contribution in [0.1, 0.15) is 0 Å². The number of rotatable bonds is 3. The predicted molar refractivity (Wildman–Crippen MR) is 35.3 cm³/mol. The fourth-order valence-electron chi connectivity index (χ4n) is 0.0680. The second kappa shape index (κ2) is 11.1. The van der Waals surface area contributed by atoms with Crippen molar-refractivity contribution in [1.29, 1.82) is 0 Å². The van der Waals surface area contributed by atoms with Crippen molar-refractivity contribution in [2.75, 3.05) is 0 Å². The summed E-state index contributed by atoms with van der Waals surface area (Å²) >= 11 is 0. The van der Waals surface area contributed by atoms with Gasteiger partial charge in [0.1, 0.15) is 0 Å². The molecule has 0 atom stereocenters. The van der Waals surface area contributed by atoms with Gasteiger partial charge in [-0.15, -0.1) is 8.67 Å². The Balaban J connectivity index is -0.000000105. The summed E-state index contributed by atoms with van der Waals surface area (Å²) in [5, 5.41) is 0. The molecule has 4 N–H and O–H groups in total. The standard InChI is InChI=1S/CH4N2O.2Na.H2O8S2/c2-1(3)4;;;1-9(2,3)7-8-10(4,5)6/h(H4,2,3,4);;;(H,1,2,3)(H,4,5,6)/q;2*+1;/p-2. The van der Waals surface area contributed by atoms with Gasteiger partial charge in [0.05, 0.1) is 0 Å². The SMILES string of the molecule is NC(N)=O.O=S(=O)([O-])OOS(=O)(=O)[O-].[Na+].[Na+]. The van der Waals surface area contributed by atoms with Gasteiger partial charge in [0.15, 0.2) is 0 Å². The van der Waals surface area contributed by atoms with Gasteiger partial charge >= 0.3 is 65.1 Å². The van der Waals surface area contributed by atoms with Crippen LogP contribution >= 0.6 is 0 Å². The molecule has 16 heavy (non-hydrogen) atoms. The Morgan fingerprint density at radius 3 is 1.06 bits per heavy atom. The van der Waals surface area contributed by atoms with Crippen molar-refractivity contribution in [2.24, 2.45) is 11.5 Å². The summed E-state index contributed by atoms with van der Waals surface area (Å²) in [6.45, 7) is 0. The molecule has 0 heterocycles. The number of primary amides is 2. The Hall–Kier alpha value is 1.01. The van der Waals surface area contributed by atoms with Crippen LogP contribution in [0.4, 0.5) is 4.79 Å². The van der Waals surface area contributed by atoms with Crippen molar-refractivity contribution >= 4 is 26.8 Å². The molecule has 0 bridgehead atoms. The van der Waals surface area contributed by atoms with Crippen LogP contribution in [-0.4, -0.2) is 32.0 Å². The normalized spacial score (nSPS) is 9.88. The van der Waals surface area contributed by atoms with Crippen molar-refractivity contribution in [3.05, 3.63) is 0 Å². The van der Waals surface area contributed by atoms with E-state index < -0.39 is 26.8 Å². The molecular weight excluding hydrogens is 294 g/mol. The van der Waals surface area contributed by atoms with Crippen molar-refractivity contribution in [1.82, 2.24) is 0 Å². The molecule has 11 nitrogen and oxygen atoms in total. The molecule has 0 aliphatic carbocycles. The quantitative estimate of drug-likeness (QED) is 0.167. The van der Waals surface area contributed by atoms with Crippen LogP contribution in [0.25, 0.3) is 0 Å². The molecule has 0 saturated heterocycles. The van der Waals surface area contributed by atoms with Gasteiger partial charge in [-0.25, -0.2) is 21.6 Å². The fourth-order valence-corrected chi connectivity index (χ4v) is 0.612. The van der Waals surface area contributed by atoms with E-state index in [1.807, 2.05) is 0 Å². The number of carbonyl (C=O) groups excluding carboxylic acids is 1. The van der Waals surface area contributed by atoms with Gasteiger partial charge in [-0.1, -0.05) is 0 Å². The molecule has 2 amide bonds. The topological polar surface area (TPSA) is 202 Å². The van der Waals surface area contributed by atoms with Gasteiger partial charge in [-0.2, -0.15) is 0 Å². The summed E-state index contributed by atoms with van der Waals surface area (Å²) < 4.78 is 61.5. The maximum absolute atomic E-state index is 9.37. The van der Waals surface area contributed by atoms with Gasteiger partial charge < -0.3 is 20.6 Å². The number of hydrogen-bond acceptors (Lipinski definition) is 9. The maximum Gasteiger partial charge on any atom is 1.00 e. The first-order chi connectivity index (χ1) is 5.94. The van der Waals surface area contributed by atoms with Crippen LogP contribution in [-0.2, 0) is 29.5 Å². The molecule has 0 aliphatic rings. The minimum atomic E-state index is -5.31. The third-order valence-corrected chi connectivity index (χ3v) is 0.750. The van der Waals surface area contributed by atoms with E-state index >= 15 is 0 Å². The number of amides is 2. The first-order valence-corrected chi connectivity index (χ1v) is 4.95. The van der Waals surface area contributed by atoms with Crippen LogP contribution in [0.3, 0.4) is 0 Å². The van der Waals surface area contributed by atoms with E-state index in [0.717, 1.165) is 0 Å². The Kier molecular flexibility index (Phi) is 17.9. The summed E-state index contributed by atoms with van der Waals surface area (Å²) in [6, 6.07) is -0.833. The molecule has 0 radical (unpaired) electrons. The Bertz CT molecular complexity index is 336. The molecular formula is CH4N2Na2O9S2. The largest absolute Gasteiger partial charge is 1.00 e. The van der Waals surface area contributed by atoms with Gasteiger partial charge in [-0.05, 0) is 0 Å². The summed E-state index contributed by atoms with van der Waals surface area (Å²) in [6.07, 6.45) is 0. The van der Waals surface area contributed by atoms with Crippen molar-refractivity contribution < 1.29 is 98.5 Å². The molecule has 0 saturated carbocycles. The zero-order valence-electron chi connectivity index (χ0n) is 8.15. The van der Waals surface area contributed by atoms with Gasteiger partial charge in [0.2, 0.25) is 20.8 Å². The van der Waals surface area contributed by atoms with E-state index in [1.165, 1.54) is 0 Å². The summed E-state index contributed by atoms with van der Waals surface area (Å²) in [5.74, 6) is 0. The van der Waals surface area contributed by atoms with Crippen molar-refractivity contribution in [2.45, 2.75) is 0 Å². The molecule has 0 unspecified atom stereocenters. The minimum absolute atomic E-state index is 0. The monoisotopic (exact) mass is 298 g/mol. The summed E-state index contributed by atoms with van der Waals surface area (Å²) in [5.41, 5.74) is 8.50. The van der Waals surface area contributed by atoms with E-state index in [4.69, 9.17) is 4.79 Å². The van der Waals surface area contributed by atoms with E-state index in [-0.39, 0.29) is 59.1 Å². The van der Waals surface area contributed by atoms with Gasteiger partial charge in [0, 0.05) is 0 Å². The van der Waals surface area contributed by atoms with Gasteiger partial charge in [0.25, 0.3) is 0 Å². The van der Waals surface area contributed by atoms with Crippen LogP contribution in [0.5, 0.6) is 0 Å². The third kappa shape index (κ3) is 45.9. The van der Waals surface area contributed by atoms with E-state index in [1.54, 1.807) is 0 Å². The minimum Gasteiger partial charge on any atom is -0.724 e. The van der Waals surface area contributed by atoms with E-state index in [2.05, 4.69) is 20.1 Å².